The molecule has 0 aliphatic rings. The average Bonchev–Trinajstić information content (AvgIpc) is 2.47. The van der Waals surface area contributed by atoms with Gasteiger partial charge in [-0.05, 0) is 44.2 Å². The molecule has 0 radical (unpaired) electrons. The summed E-state index contributed by atoms with van der Waals surface area (Å²) in [6.07, 6.45) is 3.06. The SMILES string of the molecule is CC(C)NS(=O)(=O)c1ccc(Cl)c(C(=O)Nc2ccncc2)c1. The molecule has 0 fully saturated rings. The number of benzene rings is 1. The molecule has 1 heterocycles. The first-order valence-electron chi connectivity index (χ1n) is 6.83. The Bertz CT molecular complexity index is 808. The summed E-state index contributed by atoms with van der Waals surface area (Å²) in [5, 5.41) is 2.81. The fourth-order valence-electron chi connectivity index (χ4n) is 1.86. The third-order valence-corrected chi connectivity index (χ3v) is 4.81. The highest BCUT2D eigenvalue weighted by Gasteiger charge is 2.19. The number of nitrogens with zero attached hydrogens (tertiary/aromatic N) is 1. The Hall–Kier alpha value is -1.96. The zero-order chi connectivity index (χ0) is 17.0. The third kappa shape index (κ3) is 4.51. The van der Waals surface area contributed by atoms with Gasteiger partial charge in [0, 0.05) is 24.1 Å². The molecule has 1 amide bonds. The van der Waals surface area contributed by atoms with Crippen molar-refractivity contribution in [2.45, 2.75) is 24.8 Å². The van der Waals surface area contributed by atoms with Crippen molar-refractivity contribution in [3.05, 3.63) is 53.3 Å². The predicted molar refractivity (Wildman–Crippen MR) is 89.1 cm³/mol. The molecule has 1 aromatic heterocycles. The van der Waals surface area contributed by atoms with Crippen LogP contribution in [0.2, 0.25) is 5.02 Å². The zero-order valence-electron chi connectivity index (χ0n) is 12.6. The number of pyridine rings is 1. The number of rotatable bonds is 5. The number of amides is 1. The molecule has 0 atom stereocenters. The summed E-state index contributed by atoms with van der Waals surface area (Å²) in [5.74, 6) is -0.497. The monoisotopic (exact) mass is 353 g/mol. The number of carbonyl (C=O) groups is 1. The molecule has 8 heteroatoms. The van der Waals surface area contributed by atoms with Crippen LogP contribution in [0.15, 0.2) is 47.6 Å². The van der Waals surface area contributed by atoms with Gasteiger partial charge in [0.15, 0.2) is 0 Å². The number of hydrogen-bond donors (Lipinski definition) is 2. The van der Waals surface area contributed by atoms with E-state index >= 15 is 0 Å². The van der Waals surface area contributed by atoms with E-state index in [2.05, 4.69) is 15.0 Å². The maximum atomic E-state index is 12.3. The Labute approximate surface area is 139 Å². The van der Waals surface area contributed by atoms with Crippen molar-refractivity contribution in [1.29, 1.82) is 0 Å². The highest BCUT2D eigenvalue weighted by Crippen LogP contribution is 2.22. The predicted octanol–water partition coefficient (Wildman–Crippen LogP) is 2.67. The summed E-state index contributed by atoms with van der Waals surface area (Å²) in [5.41, 5.74) is 0.616. The zero-order valence-corrected chi connectivity index (χ0v) is 14.1. The van der Waals surface area contributed by atoms with E-state index in [1.54, 1.807) is 26.0 Å². The molecule has 0 unspecified atom stereocenters. The molecular formula is C15H16ClN3O3S. The van der Waals surface area contributed by atoms with E-state index in [9.17, 15) is 13.2 Å². The molecule has 0 saturated carbocycles. The minimum absolute atomic E-state index is 0.0181. The van der Waals surface area contributed by atoms with Gasteiger partial charge in [0.2, 0.25) is 10.0 Å². The van der Waals surface area contributed by atoms with Crippen LogP contribution in [0.3, 0.4) is 0 Å². The highest BCUT2D eigenvalue weighted by atomic mass is 35.5. The van der Waals surface area contributed by atoms with Crippen molar-refractivity contribution in [2.24, 2.45) is 0 Å². The highest BCUT2D eigenvalue weighted by molar-refractivity contribution is 7.89. The summed E-state index contributed by atoms with van der Waals surface area (Å²) in [7, 11) is -3.70. The minimum atomic E-state index is -3.70. The van der Waals surface area contributed by atoms with E-state index in [-0.39, 0.29) is 21.5 Å². The third-order valence-electron chi connectivity index (χ3n) is 2.82. The van der Waals surface area contributed by atoms with Crippen LogP contribution in [0.25, 0.3) is 0 Å². The molecule has 122 valence electrons. The van der Waals surface area contributed by atoms with Gasteiger partial charge in [-0.2, -0.15) is 0 Å². The van der Waals surface area contributed by atoms with Gasteiger partial charge in [-0.15, -0.1) is 0 Å². The van der Waals surface area contributed by atoms with Crippen LogP contribution < -0.4 is 10.0 Å². The van der Waals surface area contributed by atoms with E-state index in [0.717, 1.165) is 0 Å². The molecule has 6 nitrogen and oxygen atoms in total. The van der Waals surface area contributed by atoms with Crippen LogP contribution in [0.4, 0.5) is 5.69 Å². The number of nitrogens with one attached hydrogen (secondary N) is 2. The number of aromatic nitrogens is 1. The van der Waals surface area contributed by atoms with E-state index in [1.807, 2.05) is 0 Å². The van der Waals surface area contributed by atoms with Crippen LogP contribution in [0.5, 0.6) is 0 Å². The summed E-state index contributed by atoms with van der Waals surface area (Å²) < 4.78 is 26.8. The average molecular weight is 354 g/mol. The number of sulfonamides is 1. The Balaban J connectivity index is 2.32. The van der Waals surface area contributed by atoms with Crippen LogP contribution in [-0.2, 0) is 10.0 Å². The lowest BCUT2D eigenvalue weighted by Gasteiger charge is -2.12. The van der Waals surface area contributed by atoms with Gasteiger partial charge in [0.05, 0.1) is 15.5 Å². The molecule has 0 bridgehead atoms. The molecule has 0 saturated heterocycles. The molecule has 2 rings (SSSR count). The molecular weight excluding hydrogens is 338 g/mol. The first-order chi connectivity index (χ1) is 10.8. The van der Waals surface area contributed by atoms with E-state index in [4.69, 9.17) is 11.6 Å². The number of anilines is 1. The Morgan fingerprint density at radius 2 is 1.83 bits per heavy atom. The quantitative estimate of drug-likeness (QED) is 0.865. The molecule has 23 heavy (non-hydrogen) atoms. The van der Waals surface area contributed by atoms with E-state index in [0.29, 0.717) is 5.69 Å². The Kier molecular flexibility index (Phi) is 5.35. The fourth-order valence-corrected chi connectivity index (χ4v) is 3.34. The van der Waals surface area contributed by atoms with Crippen LogP contribution in [0, 0.1) is 0 Å². The van der Waals surface area contributed by atoms with Gasteiger partial charge in [-0.25, -0.2) is 13.1 Å². The second kappa shape index (κ2) is 7.08. The lowest BCUT2D eigenvalue weighted by molar-refractivity contribution is 0.102. The summed E-state index contributed by atoms with van der Waals surface area (Å²) in [6.45, 7) is 3.43. The second-order valence-corrected chi connectivity index (χ2v) is 7.23. The van der Waals surface area contributed by atoms with Gasteiger partial charge < -0.3 is 5.32 Å². The molecule has 0 spiro atoms. The smallest absolute Gasteiger partial charge is 0.257 e. The normalized spacial score (nSPS) is 11.5. The van der Waals surface area contributed by atoms with E-state index in [1.165, 1.54) is 30.6 Å². The lowest BCUT2D eigenvalue weighted by atomic mass is 10.2. The topological polar surface area (TPSA) is 88.2 Å². The van der Waals surface area contributed by atoms with Crippen LogP contribution in [0.1, 0.15) is 24.2 Å². The fraction of sp³-hybridized carbons (Fsp3) is 0.200. The second-order valence-electron chi connectivity index (χ2n) is 5.11. The van der Waals surface area contributed by atoms with Crippen molar-refractivity contribution >= 4 is 33.2 Å². The number of carbonyl (C=O) groups excluding carboxylic acids is 1. The summed E-state index contributed by atoms with van der Waals surface area (Å²) in [4.78, 5) is 16.1. The van der Waals surface area contributed by atoms with Crippen molar-refractivity contribution < 1.29 is 13.2 Å². The summed E-state index contributed by atoms with van der Waals surface area (Å²) in [6, 6.07) is 6.97. The lowest BCUT2D eigenvalue weighted by Crippen LogP contribution is -2.30. The Morgan fingerprint density at radius 3 is 2.43 bits per heavy atom. The molecule has 0 aliphatic carbocycles. The van der Waals surface area contributed by atoms with Crippen molar-refractivity contribution in [2.75, 3.05) is 5.32 Å². The van der Waals surface area contributed by atoms with Crippen molar-refractivity contribution in [3.63, 3.8) is 0 Å². The number of hydrogen-bond acceptors (Lipinski definition) is 4. The maximum absolute atomic E-state index is 12.3. The first kappa shape index (κ1) is 17.4. The van der Waals surface area contributed by atoms with Crippen molar-refractivity contribution in [3.8, 4) is 0 Å². The van der Waals surface area contributed by atoms with Gasteiger partial charge in [-0.1, -0.05) is 11.6 Å². The standard InChI is InChI=1S/C15H16ClN3O3S/c1-10(2)19-23(21,22)12-3-4-14(16)13(9-12)15(20)18-11-5-7-17-8-6-11/h3-10,19H,1-2H3,(H,17,18,20). The van der Waals surface area contributed by atoms with Gasteiger partial charge in [0.1, 0.15) is 0 Å². The number of halogens is 1. The Morgan fingerprint density at radius 1 is 1.17 bits per heavy atom. The minimum Gasteiger partial charge on any atom is -0.322 e. The van der Waals surface area contributed by atoms with Crippen LogP contribution >= 0.6 is 11.6 Å². The molecule has 1 aromatic carbocycles. The largest absolute Gasteiger partial charge is 0.322 e. The molecule has 2 N–H and O–H groups in total. The molecule has 2 aromatic rings. The van der Waals surface area contributed by atoms with E-state index < -0.39 is 15.9 Å². The summed E-state index contributed by atoms with van der Waals surface area (Å²) >= 11 is 6.02. The van der Waals surface area contributed by atoms with Crippen LogP contribution in [-0.4, -0.2) is 25.4 Å². The van der Waals surface area contributed by atoms with Crippen molar-refractivity contribution in [1.82, 2.24) is 9.71 Å². The first-order valence-corrected chi connectivity index (χ1v) is 8.69. The van der Waals surface area contributed by atoms with Gasteiger partial charge in [-0.3, -0.25) is 9.78 Å². The van der Waals surface area contributed by atoms with Gasteiger partial charge >= 0.3 is 0 Å². The van der Waals surface area contributed by atoms with Gasteiger partial charge in [0.25, 0.3) is 5.91 Å². The maximum Gasteiger partial charge on any atom is 0.257 e. The molecule has 0 aliphatic heterocycles.